The van der Waals surface area contributed by atoms with E-state index < -0.39 is 21.8 Å². The molecule has 0 atom stereocenters. The van der Waals surface area contributed by atoms with E-state index in [-0.39, 0.29) is 10.5 Å². The second-order valence-corrected chi connectivity index (χ2v) is 7.60. The minimum Gasteiger partial charge on any atom is -0.345 e. The van der Waals surface area contributed by atoms with Crippen LogP contribution in [0.25, 0.3) is 0 Å². The predicted octanol–water partition coefficient (Wildman–Crippen LogP) is 0.771. The number of sulfonamides is 1. The van der Waals surface area contributed by atoms with Crippen LogP contribution in [0.5, 0.6) is 0 Å². The Hall–Kier alpha value is -2.17. The van der Waals surface area contributed by atoms with E-state index in [1.165, 1.54) is 31.3 Å². The summed E-state index contributed by atoms with van der Waals surface area (Å²) in [6, 6.07) is 6.92. The molecule has 0 unspecified atom stereocenters. The fourth-order valence-corrected chi connectivity index (χ4v) is 3.16. The quantitative estimate of drug-likeness (QED) is 0.641. The fraction of sp³-hybridized carbons (Fsp3) is 0.143. The molecule has 1 aromatic carbocycles. The third-order valence-corrected chi connectivity index (χ3v) is 5.05. The Kier molecular flexibility index (Phi) is 5.42. The van der Waals surface area contributed by atoms with Crippen molar-refractivity contribution < 1.29 is 18.0 Å². The van der Waals surface area contributed by atoms with Gasteiger partial charge in [0.05, 0.1) is 4.90 Å². The van der Waals surface area contributed by atoms with Gasteiger partial charge in [0.1, 0.15) is 5.69 Å². The van der Waals surface area contributed by atoms with Crippen LogP contribution >= 0.6 is 15.9 Å². The zero-order valence-corrected chi connectivity index (χ0v) is 15.2. The monoisotopic (exact) mass is 414 g/mol. The van der Waals surface area contributed by atoms with Gasteiger partial charge in [-0.25, -0.2) is 13.1 Å². The highest BCUT2D eigenvalue weighted by Crippen LogP contribution is 2.13. The van der Waals surface area contributed by atoms with Crippen LogP contribution in [0.2, 0.25) is 0 Å². The minimum absolute atomic E-state index is 0.0410. The van der Waals surface area contributed by atoms with E-state index in [0.717, 1.165) is 4.47 Å². The van der Waals surface area contributed by atoms with Crippen molar-refractivity contribution in [1.82, 2.24) is 20.1 Å². The van der Waals surface area contributed by atoms with E-state index in [2.05, 4.69) is 31.5 Å². The van der Waals surface area contributed by atoms with Crippen molar-refractivity contribution in [1.29, 1.82) is 0 Å². The predicted molar refractivity (Wildman–Crippen MR) is 90.7 cm³/mol. The first-order valence-electron chi connectivity index (χ1n) is 6.71. The molecular weight excluding hydrogens is 400 g/mol. The SMILES string of the molecule is CNS(=O)(=O)c1ccc(C(=O)NNC(=O)c2cc(Br)cn2C)cc1. The number of amides is 2. The Morgan fingerprint density at radius 2 is 1.67 bits per heavy atom. The third-order valence-electron chi connectivity index (χ3n) is 3.19. The van der Waals surface area contributed by atoms with Gasteiger partial charge in [-0.05, 0) is 53.3 Å². The molecule has 2 amide bonds. The average molecular weight is 415 g/mol. The summed E-state index contributed by atoms with van der Waals surface area (Å²) < 4.78 is 27.7. The molecule has 2 rings (SSSR count). The number of hydrogen-bond acceptors (Lipinski definition) is 4. The van der Waals surface area contributed by atoms with Gasteiger partial charge in [0, 0.05) is 23.3 Å². The molecule has 1 heterocycles. The van der Waals surface area contributed by atoms with Crippen molar-refractivity contribution in [3.8, 4) is 0 Å². The molecule has 10 heteroatoms. The molecule has 1 aromatic heterocycles. The standard InChI is InChI=1S/C14H15BrN4O4S/c1-16-24(22,23)11-5-3-9(4-6-11)13(20)17-18-14(21)12-7-10(15)8-19(12)2/h3-8,16H,1-2H3,(H,17,20)(H,18,21). The van der Waals surface area contributed by atoms with Crippen LogP contribution in [0.1, 0.15) is 20.8 Å². The molecular formula is C14H15BrN4O4S. The largest absolute Gasteiger partial charge is 0.345 e. The van der Waals surface area contributed by atoms with Crippen LogP contribution in [0.4, 0.5) is 0 Å². The molecule has 128 valence electrons. The van der Waals surface area contributed by atoms with E-state index in [1.54, 1.807) is 23.9 Å². The second kappa shape index (κ2) is 7.16. The zero-order chi connectivity index (χ0) is 17.9. The topological polar surface area (TPSA) is 109 Å². The Morgan fingerprint density at radius 1 is 1.08 bits per heavy atom. The molecule has 0 aliphatic carbocycles. The molecule has 0 aliphatic heterocycles. The lowest BCUT2D eigenvalue weighted by Crippen LogP contribution is -2.42. The van der Waals surface area contributed by atoms with Gasteiger partial charge in [-0.1, -0.05) is 0 Å². The highest BCUT2D eigenvalue weighted by Gasteiger charge is 2.14. The fourth-order valence-electron chi connectivity index (χ4n) is 1.90. The summed E-state index contributed by atoms with van der Waals surface area (Å²) in [6.07, 6.45) is 1.71. The van der Waals surface area contributed by atoms with Crippen molar-refractivity contribution in [3.05, 3.63) is 52.3 Å². The van der Waals surface area contributed by atoms with E-state index >= 15 is 0 Å². The number of halogens is 1. The molecule has 0 bridgehead atoms. The first kappa shape index (κ1) is 18.2. The van der Waals surface area contributed by atoms with Crippen molar-refractivity contribution in [2.24, 2.45) is 7.05 Å². The van der Waals surface area contributed by atoms with Gasteiger partial charge in [0.25, 0.3) is 11.8 Å². The Bertz CT molecular complexity index is 875. The van der Waals surface area contributed by atoms with Crippen molar-refractivity contribution in [2.75, 3.05) is 7.05 Å². The normalized spacial score (nSPS) is 11.1. The number of benzene rings is 1. The van der Waals surface area contributed by atoms with Crippen LogP contribution in [0, 0.1) is 0 Å². The van der Waals surface area contributed by atoms with Crippen LogP contribution in [-0.4, -0.2) is 31.8 Å². The van der Waals surface area contributed by atoms with Gasteiger partial charge in [-0.15, -0.1) is 0 Å². The summed E-state index contributed by atoms with van der Waals surface area (Å²) >= 11 is 3.25. The molecule has 8 nitrogen and oxygen atoms in total. The summed E-state index contributed by atoms with van der Waals surface area (Å²) in [4.78, 5) is 24.0. The molecule has 0 fully saturated rings. The summed E-state index contributed by atoms with van der Waals surface area (Å²) in [6.45, 7) is 0. The molecule has 0 radical (unpaired) electrons. The number of carbonyl (C=O) groups is 2. The summed E-state index contributed by atoms with van der Waals surface area (Å²) in [5.74, 6) is -1.05. The maximum Gasteiger partial charge on any atom is 0.286 e. The minimum atomic E-state index is -3.56. The zero-order valence-electron chi connectivity index (χ0n) is 12.8. The van der Waals surface area contributed by atoms with Gasteiger partial charge >= 0.3 is 0 Å². The molecule has 0 saturated heterocycles. The molecule has 0 saturated carbocycles. The third kappa shape index (κ3) is 4.02. The maximum atomic E-state index is 12.0. The van der Waals surface area contributed by atoms with Crippen LogP contribution in [0.15, 0.2) is 45.9 Å². The van der Waals surface area contributed by atoms with Crippen molar-refractivity contribution in [3.63, 3.8) is 0 Å². The molecule has 24 heavy (non-hydrogen) atoms. The highest BCUT2D eigenvalue weighted by molar-refractivity contribution is 9.10. The Labute approximate surface area is 147 Å². The van der Waals surface area contributed by atoms with Gasteiger partial charge in [0.2, 0.25) is 10.0 Å². The summed E-state index contributed by atoms with van der Waals surface area (Å²) in [7, 11) is -0.568. The number of hydrogen-bond donors (Lipinski definition) is 3. The highest BCUT2D eigenvalue weighted by atomic mass is 79.9. The number of hydrazine groups is 1. The Morgan fingerprint density at radius 3 is 2.17 bits per heavy atom. The van der Waals surface area contributed by atoms with E-state index in [1.807, 2.05) is 0 Å². The van der Waals surface area contributed by atoms with Gasteiger partial charge in [0.15, 0.2) is 0 Å². The van der Waals surface area contributed by atoms with E-state index in [4.69, 9.17) is 0 Å². The first-order valence-corrected chi connectivity index (χ1v) is 8.98. The average Bonchev–Trinajstić information content (AvgIpc) is 2.91. The van der Waals surface area contributed by atoms with Gasteiger partial charge in [-0.2, -0.15) is 0 Å². The van der Waals surface area contributed by atoms with Crippen molar-refractivity contribution >= 4 is 37.8 Å². The number of nitrogens with zero attached hydrogens (tertiary/aromatic N) is 1. The molecule has 0 spiro atoms. The van der Waals surface area contributed by atoms with E-state index in [0.29, 0.717) is 5.69 Å². The number of aryl methyl sites for hydroxylation is 1. The van der Waals surface area contributed by atoms with Crippen LogP contribution in [-0.2, 0) is 17.1 Å². The first-order chi connectivity index (χ1) is 11.2. The molecule has 3 N–H and O–H groups in total. The number of carbonyl (C=O) groups excluding carboxylic acids is 2. The van der Waals surface area contributed by atoms with Crippen LogP contribution in [0.3, 0.4) is 0 Å². The number of nitrogens with one attached hydrogen (secondary N) is 3. The number of aromatic nitrogens is 1. The van der Waals surface area contributed by atoms with Gasteiger partial charge in [-0.3, -0.25) is 20.4 Å². The van der Waals surface area contributed by atoms with E-state index in [9.17, 15) is 18.0 Å². The lowest BCUT2D eigenvalue weighted by molar-refractivity contribution is 0.0842. The Balaban J connectivity index is 2.03. The maximum absolute atomic E-state index is 12.0. The van der Waals surface area contributed by atoms with Crippen molar-refractivity contribution in [2.45, 2.75) is 4.90 Å². The lowest BCUT2D eigenvalue weighted by atomic mass is 10.2. The summed E-state index contributed by atoms with van der Waals surface area (Å²) in [5.41, 5.74) is 5.14. The smallest absolute Gasteiger partial charge is 0.286 e. The molecule has 2 aromatic rings. The second-order valence-electron chi connectivity index (χ2n) is 4.79. The van der Waals surface area contributed by atoms with Gasteiger partial charge < -0.3 is 4.57 Å². The molecule has 0 aliphatic rings. The lowest BCUT2D eigenvalue weighted by Gasteiger charge is -2.08. The summed E-state index contributed by atoms with van der Waals surface area (Å²) in [5, 5.41) is 0. The number of rotatable bonds is 4. The van der Waals surface area contributed by atoms with Crippen LogP contribution < -0.4 is 15.6 Å².